The first kappa shape index (κ1) is 11.3. The number of hydrogen-bond acceptors (Lipinski definition) is 3. The maximum absolute atomic E-state index is 11.6. The third-order valence-electron chi connectivity index (χ3n) is 3.16. The van der Waals surface area contributed by atoms with Crippen molar-refractivity contribution in [3.63, 3.8) is 0 Å². The average molecular weight is 221 g/mol. The molecule has 1 aromatic rings. The molecule has 0 bridgehead atoms. The Balaban J connectivity index is 1.82. The third kappa shape index (κ3) is 2.92. The molecule has 0 spiro atoms. The predicted octanol–water partition coefficient (Wildman–Crippen LogP) is 0.940. The smallest absolute Gasteiger partial charge is 0.253 e. The van der Waals surface area contributed by atoms with Gasteiger partial charge in [0.1, 0.15) is 0 Å². The first-order chi connectivity index (χ1) is 7.66. The van der Waals surface area contributed by atoms with Crippen LogP contribution in [0.3, 0.4) is 0 Å². The van der Waals surface area contributed by atoms with E-state index >= 15 is 0 Å². The van der Waals surface area contributed by atoms with Crippen LogP contribution in [0.2, 0.25) is 0 Å². The summed E-state index contributed by atoms with van der Waals surface area (Å²) in [7, 11) is 0. The quantitative estimate of drug-likeness (QED) is 0.805. The summed E-state index contributed by atoms with van der Waals surface area (Å²) < 4.78 is 1.65. The molecule has 1 atom stereocenters. The van der Waals surface area contributed by atoms with E-state index < -0.39 is 0 Å². The van der Waals surface area contributed by atoms with Gasteiger partial charge in [0.25, 0.3) is 5.56 Å². The van der Waals surface area contributed by atoms with Crippen LogP contribution < -0.4 is 10.9 Å². The molecule has 0 aliphatic heterocycles. The predicted molar refractivity (Wildman–Crippen MR) is 63.4 cm³/mol. The minimum Gasteiger partial charge on any atom is -0.312 e. The highest BCUT2D eigenvalue weighted by atomic mass is 16.1. The zero-order valence-electron chi connectivity index (χ0n) is 9.94. The van der Waals surface area contributed by atoms with E-state index in [1.54, 1.807) is 17.0 Å². The largest absolute Gasteiger partial charge is 0.312 e. The molecule has 1 aliphatic rings. The van der Waals surface area contributed by atoms with Gasteiger partial charge in [-0.3, -0.25) is 9.36 Å². The fraction of sp³-hybridized carbons (Fsp3) is 0.667. The van der Waals surface area contributed by atoms with Gasteiger partial charge in [-0.25, -0.2) is 4.98 Å². The number of rotatable bonds is 5. The second-order valence-electron chi connectivity index (χ2n) is 4.64. The Morgan fingerprint density at radius 3 is 3.00 bits per heavy atom. The van der Waals surface area contributed by atoms with Crippen molar-refractivity contribution < 1.29 is 0 Å². The molecule has 1 saturated carbocycles. The first-order valence-corrected chi connectivity index (χ1v) is 5.93. The van der Waals surface area contributed by atoms with Crippen molar-refractivity contribution in [2.24, 2.45) is 5.92 Å². The molecule has 1 aliphatic carbocycles. The van der Waals surface area contributed by atoms with E-state index in [9.17, 15) is 4.79 Å². The second-order valence-corrected chi connectivity index (χ2v) is 4.64. The number of aryl methyl sites for hydroxylation is 1. The molecular weight excluding hydrogens is 202 g/mol. The number of nitrogens with one attached hydrogen (secondary N) is 1. The van der Waals surface area contributed by atoms with Crippen LogP contribution in [0.4, 0.5) is 0 Å². The maximum Gasteiger partial charge on any atom is 0.253 e. The average Bonchev–Trinajstić information content (AvgIpc) is 3.04. The van der Waals surface area contributed by atoms with Crippen LogP contribution in [0.25, 0.3) is 0 Å². The summed E-state index contributed by atoms with van der Waals surface area (Å²) in [6, 6.07) is 2.15. The number of nitrogens with zero attached hydrogens (tertiary/aromatic N) is 2. The molecule has 0 saturated heterocycles. The molecule has 4 nitrogen and oxygen atoms in total. The molecule has 1 unspecified atom stereocenters. The second kappa shape index (κ2) is 4.78. The van der Waals surface area contributed by atoms with Crippen molar-refractivity contribution >= 4 is 0 Å². The van der Waals surface area contributed by atoms with Gasteiger partial charge < -0.3 is 5.32 Å². The summed E-state index contributed by atoms with van der Waals surface area (Å²) in [5.74, 6) is 0.855. The SMILES string of the molecule is Cc1cc(=O)n(CCNC(C)C2CC2)cn1. The summed E-state index contributed by atoms with van der Waals surface area (Å²) in [4.78, 5) is 15.7. The molecule has 2 rings (SSSR count). The van der Waals surface area contributed by atoms with E-state index in [4.69, 9.17) is 0 Å². The summed E-state index contributed by atoms with van der Waals surface area (Å²) >= 11 is 0. The lowest BCUT2D eigenvalue weighted by Gasteiger charge is -2.13. The van der Waals surface area contributed by atoms with E-state index in [1.807, 2.05) is 6.92 Å². The Kier molecular flexibility index (Phi) is 3.39. The molecule has 0 aromatic carbocycles. The van der Waals surface area contributed by atoms with Gasteiger partial charge in [-0.05, 0) is 32.6 Å². The fourth-order valence-corrected chi connectivity index (χ4v) is 1.86. The summed E-state index contributed by atoms with van der Waals surface area (Å²) in [5, 5.41) is 3.45. The van der Waals surface area contributed by atoms with Crippen molar-refractivity contribution in [2.45, 2.75) is 39.3 Å². The highest BCUT2D eigenvalue weighted by Gasteiger charge is 2.27. The van der Waals surface area contributed by atoms with Crippen LogP contribution >= 0.6 is 0 Å². The van der Waals surface area contributed by atoms with E-state index in [2.05, 4.69) is 17.2 Å². The normalized spacial score (nSPS) is 17.4. The molecule has 1 heterocycles. The van der Waals surface area contributed by atoms with Crippen LogP contribution in [0.1, 0.15) is 25.5 Å². The lowest BCUT2D eigenvalue weighted by molar-refractivity contribution is 0.470. The molecule has 1 aromatic heterocycles. The van der Waals surface area contributed by atoms with Crippen molar-refractivity contribution in [3.05, 3.63) is 28.4 Å². The van der Waals surface area contributed by atoms with Gasteiger partial charge >= 0.3 is 0 Å². The first-order valence-electron chi connectivity index (χ1n) is 5.93. The van der Waals surface area contributed by atoms with Crippen molar-refractivity contribution in [1.29, 1.82) is 0 Å². The molecule has 1 fully saturated rings. The zero-order valence-corrected chi connectivity index (χ0v) is 9.94. The van der Waals surface area contributed by atoms with E-state index in [0.29, 0.717) is 12.6 Å². The highest BCUT2D eigenvalue weighted by Crippen LogP contribution is 2.32. The van der Waals surface area contributed by atoms with Gasteiger partial charge in [-0.2, -0.15) is 0 Å². The summed E-state index contributed by atoms with van der Waals surface area (Å²) in [6.07, 6.45) is 4.32. The Bertz CT molecular complexity index is 409. The minimum absolute atomic E-state index is 0.0355. The van der Waals surface area contributed by atoms with Crippen LogP contribution in [0, 0.1) is 12.8 Å². The summed E-state index contributed by atoms with van der Waals surface area (Å²) in [5.41, 5.74) is 0.814. The van der Waals surface area contributed by atoms with Crippen LogP contribution in [-0.2, 0) is 6.54 Å². The lowest BCUT2D eigenvalue weighted by Crippen LogP contribution is -2.33. The van der Waals surface area contributed by atoms with Crippen LogP contribution in [-0.4, -0.2) is 22.1 Å². The van der Waals surface area contributed by atoms with Gasteiger partial charge in [0, 0.05) is 30.9 Å². The maximum atomic E-state index is 11.6. The standard InChI is InChI=1S/C12H19N3O/c1-9-7-12(16)15(8-14-9)6-5-13-10(2)11-3-4-11/h7-8,10-11,13H,3-6H2,1-2H3. The number of hydrogen-bond donors (Lipinski definition) is 1. The lowest BCUT2D eigenvalue weighted by atomic mass is 10.2. The highest BCUT2D eigenvalue weighted by molar-refractivity contribution is 4.96. The van der Waals surface area contributed by atoms with Crippen LogP contribution in [0.5, 0.6) is 0 Å². The molecule has 88 valence electrons. The molecule has 16 heavy (non-hydrogen) atoms. The monoisotopic (exact) mass is 221 g/mol. The Labute approximate surface area is 95.7 Å². The zero-order chi connectivity index (χ0) is 11.5. The van der Waals surface area contributed by atoms with Crippen molar-refractivity contribution in [2.75, 3.05) is 6.54 Å². The van der Waals surface area contributed by atoms with Gasteiger partial charge in [0.05, 0.1) is 6.33 Å². The number of aromatic nitrogens is 2. The topological polar surface area (TPSA) is 46.9 Å². The molecular formula is C12H19N3O. The van der Waals surface area contributed by atoms with Gasteiger partial charge in [-0.1, -0.05) is 0 Å². The van der Waals surface area contributed by atoms with Crippen LogP contribution in [0.15, 0.2) is 17.2 Å². The van der Waals surface area contributed by atoms with Gasteiger partial charge in [0.15, 0.2) is 0 Å². The molecule has 0 radical (unpaired) electrons. The van der Waals surface area contributed by atoms with E-state index in [1.165, 1.54) is 12.8 Å². The fourth-order valence-electron chi connectivity index (χ4n) is 1.86. The minimum atomic E-state index is 0.0355. The van der Waals surface area contributed by atoms with Gasteiger partial charge in [-0.15, -0.1) is 0 Å². The Hall–Kier alpha value is -1.16. The van der Waals surface area contributed by atoms with Crippen molar-refractivity contribution in [3.8, 4) is 0 Å². The Morgan fingerprint density at radius 2 is 2.38 bits per heavy atom. The molecule has 1 N–H and O–H groups in total. The third-order valence-corrected chi connectivity index (χ3v) is 3.16. The molecule has 0 amide bonds. The van der Waals surface area contributed by atoms with E-state index in [-0.39, 0.29) is 5.56 Å². The summed E-state index contributed by atoms with van der Waals surface area (Å²) in [6.45, 7) is 5.58. The molecule has 4 heteroatoms. The Morgan fingerprint density at radius 1 is 1.62 bits per heavy atom. The van der Waals surface area contributed by atoms with Gasteiger partial charge in [0.2, 0.25) is 0 Å². The van der Waals surface area contributed by atoms with Crippen molar-refractivity contribution in [1.82, 2.24) is 14.9 Å². The van der Waals surface area contributed by atoms with E-state index in [0.717, 1.165) is 18.2 Å².